The lowest BCUT2D eigenvalue weighted by Gasteiger charge is -2.24. The molecule has 0 aliphatic rings. The number of nitrogens with one attached hydrogen (secondary N) is 2. The molecule has 3 aromatic rings. The molecule has 0 fully saturated rings. The summed E-state index contributed by atoms with van der Waals surface area (Å²) >= 11 is 5.97. The summed E-state index contributed by atoms with van der Waals surface area (Å²) < 4.78 is 5.88. The van der Waals surface area contributed by atoms with Crippen molar-refractivity contribution >= 4 is 34.9 Å². The van der Waals surface area contributed by atoms with E-state index in [2.05, 4.69) is 17.6 Å². The Morgan fingerprint density at radius 1 is 0.917 bits per heavy atom. The molecule has 0 heterocycles. The SMILES string of the molecule is CCCCC(CC)C(=O)NCCN(C(=O)Nc1ccc(Cl)cc1)c1ccc(Oc2ccccc2)cc1. The number of hydrogen-bond acceptors (Lipinski definition) is 3. The number of ether oxygens (including phenoxy) is 1. The van der Waals surface area contributed by atoms with Crippen LogP contribution in [-0.2, 0) is 4.79 Å². The summed E-state index contributed by atoms with van der Waals surface area (Å²) in [5.41, 5.74) is 1.32. The van der Waals surface area contributed by atoms with Gasteiger partial charge in [-0.05, 0) is 73.5 Å². The van der Waals surface area contributed by atoms with Crippen molar-refractivity contribution in [2.24, 2.45) is 5.92 Å². The number of hydrogen-bond donors (Lipinski definition) is 2. The van der Waals surface area contributed by atoms with E-state index in [0.717, 1.165) is 31.4 Å². The fourth-order valence-corrected chi connectivity index (χ4v) is 3.92. The largest absolute Gasteiger partial charge is 0.457 e. The molecular weight excluding hydrogens is 474 g/mol. The number of amides is 3. The van der Waals surface area contributed by atoms with Gasteiger partial charge in [0.05, 0.1) is 0 Å². The molecular formula is C29H34ClN3O3. The fraction of sp³-hybridized carbons (Fsp3) is 0.310. The number of para-hydroxylation sites is 1. The Morgan fingerprint density at radius 3 is 2.22 bits per heavy atom. The second kappa shape index (κ2) is 14.1. The van der Waals surface area contributed by atoms with Crippen molar-refractivity contribution < 1.29 is 14.3 Å². The van der Waals surface area contributed by atoms with Gasteiger partial charge in [-0.3, -0.25) is 9.69 Å². The molecule has 0 saturated heterocycles. The Balaban J connectivity index is 1.70. The number of carbonyl (C=O) groups excluding carboxylic acids is 2. The van der Waals surface area contributed by atoms with E-state index >= 15 is 0 Å². The highest BCUT2D eigenvalue weighted by atomic mass is 35.5. The molecule has 0 spiro atoms. The Bertz CT molecular complexity index is 1090. The van der Waals surface area contributed by atoms with Crippen LogP contribution in [0.3, 0.4) is 0 Å². The number of rotatable bonds is 12. The molecule has 0 aromatic heterocycles. The number of carbonyl (C=O) groups is 2. The van der Waals surface area contributed by atoms with Crippen molar-refractivity contribution in [3.8, 4) is 11.5 Å². The Labute approximate surface area is 218 Å². The molecule has 3 aromatic carbocycles. The average molecular weight is 508 g/mol. The Morgan fingerprint density at radius 2 is 1.58 bits per heavy atom. The van der Waals surface area contributed by atoms with E-state index in [-0.39, 0.29) is 17.9 Å². The van der Waals surface area contributed by atoms with E-state index in [1.807, 2.05) is 61.5 Å². The molecule has 0 bridgehead atoms. The maximum atomic E-state index is 13.2. The van der Waals surface area contributed by atoms with E-state index in [4.69, 9.17) is 16.3 Å². The predicted octanol–water partition coefficient (Wildman–Crippen LogP) is 7.50. The van der Waals surface area contributed by atoms with Gasteiger partial charge in [0.25, 0.3) is 0 Å². The predicted molar refractivity (Wildman–Crippen MR) is 147 cm³/mol. The molecule has 1 unspecified atom stereocenters. The maximum absolute atomic E-state index is 13.2. The van der Waals surface area contributed by atoms with E-state index < -0.39 is 0 Å². The molecule has 0 radical (unpaired) electrons. The average Bonchev–Trinajstić information content (AvgIpc) is 2.89. The van der Waals surface area contributed by atoms with E-state index in [1.165, 1.54) is 0 Å². The Hall–Kier alpha value is -3.51. The van der Waals surface area contributed by atoms with Gasteiger partial charge in [-0.15, -0.1) is 0 Å². The monoisotopic (exact) mass is 507 g/mol. The van der Waals surface area contributed by atoms with Crippen molar-refractivity contribution in [1.29, 1.82) is 0 Å². The van der Waals surface area contributed by atoms with Gasteiger partial charge in [-0.1, -0.05) is 56.5 Å². The van der Waals surface area contributed by atoms with Crippen LogP contribution in [0, 0.1) is 5.92 Å². The second-order valence-corrected chi connectivity index (χ2v) is 8.97. The minimum Gasteiger partial charge on any atom is -0.457 e. The summed E-state index contributed by atoms with van der Waals surface area (Å²) in [6, 6.07) is 23.4. The first kappa shape index (κ1) is 27.1. The van der Waals surface area contributed by atoms with Gasteiger partial charge in [-0.2, -0.15) is 0 Å². The lowest BCUT2D eigenvalue weighted by molar-refractivity contribution is -0.125. The first-order valence-corrected chi connectivity index (χ1v) is 12.8. The third-order valence-corrected chi connectivity index (χ3v) is 6.12. The van der Waals surface area contributed by atoms with Gasteiger partial charge >= 0.3 is 6.03 Å². The summed E-state index contributed by atoms with van der Waals surface area (Å²) in [6.45, 7) is 4.81. The Kier molecular flexibility index (Phi) is 10.6. The van der Waals surface area contributed by atoms with Crippen LogP contribution >= 0.6 is 11.6 Å². The minimum absolute atomic E-state index is 0.00397. The van der Waals surface area contributed by atoms with Gasteiger partial charge < -0.3 is 15.4 Å². The van der Waals surface area contributed by atoms with Crippen molar-refractivity contribution in [1.82, 2.24) is 5.32 Å². The van der Waals surface area contributed by atoms with E-state index in [1.54, 1.807) is 29.2 Å². The highest BCUT2D eigenvalue weighted by molar-refractivity contribution is 6.30. The molecule has 3 rings (SSSR count). The lowest BCUT2D eigenvalue weighted by atomic mass is 9.98. The number of benzene rings is 3. The standard InChI is InChI=1S/C29H34ClN3O3/c1-3-5-9-22(4-2)28(34)31-20-21-33(29(35)32-24-14-12-23(30)13-15-24)25-16-18-27(19-17-25)36-26-10-7-6-8-11-26/h6-8,10-19,22H,3-5,9,20-21H2,1-2H3,(H,31,34)(H,32,35). The number of urea groups is 1. The van der Waals surface area contributed by atoms with Crippen LogP contribution in [0.5, 0.6) is 11.5 Å². The first-order valence-electron chi connectivity index (χ1n) is 12.4. The number of halogens is 1. The van der Waals surface area contributed by atoms with Crippen LogP contribution in [0.1, 0.15) is 39.5 Å². The van der Waals surface area contributed by atoms with Crippen LogP contribution < -0.4 is 20.3 Å². The smallest absolute Gasteiger partial charge is 0.326 e. The topological polar surface area (TPSA) is 70.7 Å². The molecule has 2 N–H and O–H groups in total. The summed E-state index contributed by atoms with van der Waals surface area (Å²) in [5.74, 6) is 1.43. The fourth-order valence-electron chi connectivity index (χ4n) is 3.80. The van der Waals surface area contributed by atoms with Gasteiger partial charge in [0.1, 0.15) is 11.5 Å². The highest BCUT2D eigenvalue weighted by Gasteiger charge is 2.19. The van der Waals surface area contributed by atoms with Crippen LogP contribution in [0.4, 0.5) is 16.2 Å². The molecule has 0 aliphatic heterocycles. The van der Waals surface area contributed by atoms with E-state index in [9.17, 15) is 9.59 Å². The zero-order valence-corrected chi connectivity index (χ0v) is 21.6. The van der Waals surface area contributed by atoms with Crippen LogP contribution in [0.15, 0.2) is 78.9 Å². The summed E-state index contributed by atoms with van der Waals surface area (Å²) in [7, 11) is 0. The first-order chi connectivity index (χ1) is 17.5. The molecule has 6 nitrogen and oxygen atoms in total. The number of unbranched alkanes of at least 4 members (excludes halogenated alkanes) is 1. The van der Waals surface area contributed by atoms with Crippen LogP contribution in [0.25, 0.3) is 0 Å². The molecule has 0 aliphatic carbocycles. The van der Waals surface area contributed by atoms with E-state index in [0.29, 0.717) is 35.2 Å². The normalized spacial score (nSPS) is 11.4. The van der Waals surface area contributed by atoms with Crippen LogP contribution in [-0.4, -0.2) is 25.0 Å². The quantitative estimate of drug-likeness (QED) is 0.266. The van der Waals surface area contributed by atoms with Crippen molar-refractivity contribution in [2.45, 2.75) is 39.5 Å². The molecule has 1 atom stereocenters. The summed E-state index contributed by atoms with van der Waals surface area (Å²) in [4.78, 5) is 27.5. The lowest BCUT2D eigenvalue weighted by Crippen LogP contribution is -2.42. The minimum atomic E-state index is -0.304. The van der Waals surface area contributed by atoms with Gasteiger partial charge in [0.2, 0.25) is 5.91 Å². The molecule has 190 valence electrons. The van der Waals surface area contributed by atoms with Crippen molar-refractivity contribution in [3.63, 3.8) is 0 Å². The zero-order chi connectivity index (χ0) is 25.8. The van der Waals surface area contributed by atoms with Crippen LogP contribution in [0.2, 0.25) is 5.02 Å². The third kappa shape index (κ3) is 8.31. The number of nitrogens with zero attached hydrogens (tertiary/aromatic N) is 1. The van der Waals surface area contributed by atoms with Gasteiger partial charge in [-0.25, -0.2) is 4.79 Å². The second-order valence-electron chi connectivity index (χ2n) is 8.54. The summed E-state index contributed by atoms with van der Waals surface area (Å²) in [5, 5.41) is 6.51. The third-order valence-electron chi connectivity index (χ3n) is 5.87. The van der Waals surface area contributed by atoms with Gasteiger partial charge in [0.15, 0.2) is 0 Å². The molecule has 36 heavy (non-hydrogen) atoms. The summed E-state index contributed by atoms with van der Waals surface area (Å²) in [6.07, 6.45) is 3.77. The maximum Gasteiger partial charge on any atom is 0.326 e. The van der Waals surface area contributed by atoms with Gasteiger partial charge in [0, 0.05) is 35.4 Å². The van der Waals surface area contributed by atoms with Crippen molar-refractivity contribution in [2.75, 3.05) is 23.3 Å². The molecule has 3 amide bonds. The van der Waals surface area contributed by atoms with Crippen molar-refractivity contribution in [3.05, 3.63) is 83.9 Å². The number of anilines is 2. The highest BCUT2D eigenvalue weighted by Crippen LogP contribution is 2.25. The molecule has 7 heteroatoms. The molecule has 0 saturated carbocycles. The zero-order valence-electron chi connectivity index (χ0n) is 20.9.